The highest BCUT2D eigenvalue weighted by molar-refractivity contribution is 5.92. The zero-order chi connectivity index (χ0) is 25.7. The summed E-state index contributed by atoms with van der Waals surface area (Å²) in [6, 6.07) is 27.2. The summed E-state index contributed by atoms with van der Waals surface area (Å²) in [7, 11) is 0. The van der Waals surface area contributed by atoms with E-state index in [1.54, 1.807) is 0 Å². The molecule has 1 fully saturated rings. The Morgan fingerprint density at radius 1 is 0.921 bits per heavy atom. The SMILES string of the molecule is O=C(CCOCc1ccccc1)C(C1CCc2ccccc2N1)N1CCN(c2cccc3[nH]ccc23)CC1. The Kier molecular flexibility index (Phi) is 7.42. The van der Waals surface area contributed by atoms with Crippen LogP contribution in [0.1, 0.15) is 24.0 Å². The van der Waals surface area contributed by atoms with Crippen LogP contribution in [0.2, 0.25) is 0 Å². The summed E-state index contributed by atoms with van der Waals surface area (Å²) in [6.07, 6.45) is 4.39. The van der Waals surface area contributed by atoms with Gasteiger partial charge in [-0.05, 0) is 48.2 Å². The van der Waals surface area contributed by atoms with E-state index in [-0.39, 0.29) is 17.9 Å². The van der Waals surface area contributed by atoms with Crippen LogP contribution in [0, 0.1) is 0 Å². The Hall–Kier alpha value is -3.61. The lowest BCUT2D eigenvalue weighted by Crippen LogP contribution is -2.59. The van der Waals surface area contributed by atoms with E-state index in [0.29, 0.717) is 19.6 Å². The van der Waals surface area contributed by atoms with E-state index in [4.69, 9.17) is 4.74 Å². The van der Waals surface area contributed by atoms with Gasteiger partial charge >= 0.3 is 0 Å². The number of benzene rings is 3. The second kappa shape index (κ2) is 11.4. The number of nitrogens with one attached hydrogen (secondary N) is 2. The third-order valence-electron chi connectivity index (χ3n) is 8.02. The van der Waals surface area contributed by atoms with Gasteiger partial charge in [0.25, 0.3) is 0 Å². The summed E-state index contributed by atoms with van der Waals surface area (Å²) in [5, 5.41) is 4.99. The molecule has 0 saturated carbocycles. The first-order valence-corrected chi connectivity index (χ1v) is 13.8. The summed E-state index contributed by atoms with van der Waals surface area (Å²) in [5.41, 5.74) is 6.07. The Balaban J connectivity index is 1.14. The zero-order valence-corrected chi connectivity index (χ0v) is 21.8. The molecule has 6 nitrogen and oxygen atoms in total. The van der Waals surface area contributed by atoms with Crippen LogP contribution in [-0.2, 0) is 22.6 Å². The first-order chi connectivity index (χ1) is 18.8. The minimum Gasteiger partial charge on any atom is -0.380 e. The van der Waals surface area contributed by atoms with Crippen LogP contribution in [0.25, 0.3) is 10.9 Å². The fraction of sp³-hybridized carbons (Fsp3) is 0.344. The molecule has 0 aliphatic carbocycles. The van der Waals surface area contributed by atoms with Crippen molar-refractivity contribution in [2.24, 2.45) is 0 Å². The number of piperazine rings is 1. The first-order valence-electron chi connectivity index (χ1n) is 13.8. The molecular formula is C32H36N4O2. The van der Waals surface area contributed by atoms with Gasteiger partial charge < -0.3 is 19.9 Å². The lowest BCUT2D eigenvalue weighted by Gasteiger charge is -2.44. The third-order valence-corrected chi connectivity index (χ3v) is 8.02. The van der Waals surface area contributed by atoms with E-state index in [1.807, 2.05) is 24.4 Å². The highest BCUT2D eigenvalue weighted by Crippen LogP contribution is 2.30. The van der Waals surface area contributed by atoms with Crippen molar-refractivity contribution in [3.05, 3.63) is 96.2 Å². The lowest BCUT2D eigenvalue weighted by molar-refractivity contribution is -0.126. The number of carbonyl (C=O) groups is 1. The standard InChI is InChI=1S/C32H36N4O2/c37-31(16-22-38-23-24-7-2-1-3-8-24)32(29-14-13-25-9-4-5-10-27(25)34-29)36-20-18-35(19-21-36)30-12-6-11-28-26(30)15-17-33-28/h1-12,15,17,29,32-34H,13-14,16,18-23H2. The number of H-pyrrole nitrogens is 1. The smallest absolute Gasteiger partial charge is 0.154 e. The monoisotopic (exact) mass is 508 g/mol. The number of anilines is 2. The minimum absolute atomic E-state index is 0.103. The van der Waals surface area contributed by atoms with E-state index >= 15 is 0 Å². The van der Waals surface area contributed by atoms with Crippen LogP contribution in [-0.4, -0.2) is 60.5 Å². The second-order valence-corrected chi connectivity index (χ2v) is 10.4. The van der Waals surface area contributed by atoms with Crippen LogP contribution in [0.3, 0.4) is 0 Å². The number of carbonyl (C=O) groups excluding carboxylic acids is 1. The van der Waals surface area contributed by atoms with E-state index in [0.717, 1.165) is 44.6 Å². The molecular weight excluding hydrogens is 472 g/mol. The molecule has 3 aromatic carbocycles. The molecule has 38 heavy (non-hydrogen) atoms. The summed E-state index contributed by atoms with van der Waals surface area (Å²) in [4.78, 5) is 22.0. The van der Waals surface area contributed by atoms with E-state index in [9.17, 15) is 4.79 Å². The molecule has 3 heterocycles. The fourth-order valence-electron chi connectivity index (χ4n) is 6.05. The van der Waals surface area contributed by atoms with Crippen LogP contribution < -0.4 is 10.2 Å². The van der Waals surface area contributed by atoms with Crippen LogP contribution in [0.15, 0.2) is 85.1 Å². The Bertz CT molecular complexity index is 1360. The molecule has 2 aliphatic rings. The van der Waals surface area contributed by atoms with E-state index < -0.39 is 0 Å². The maximum Gasteiger partial charge on any atom is 0.154 e. The molecule has 196 valence electrons. The van der Waals surface area contributed by atoms with Crippen LogP contribution in [0.5, 0.6) is 0 Å². The van der Waals surface area contributed by atoms with Gasteiger partial charge in [0.1, 0.15) is 0 Å². The van der Waals surface area contributed by atoms with Crippen LogP contribution in [0.4, 0.5) is 11.4 Å². The van der Waals surface area contributed by atoms with Crippen molar-refractivity contribution < 1.29 is 9.53 Å². The van der Waals surface area contributed by atoms with Gasteiger partial charge in [-0.1, -0.05) is 54.6 Å². The Morgan fingerprint density at radius 3 is 2.61 bits per heavy atom. The summed E-state index contributed by atoms with van der Waals surface area (Å²) in [6.45, 7) is 4.52. The predicted octanol–water partition coefficient (Wildman–Crippen LogP) is 5.26. The average molecular weight is 509 g/mol. The summed E-state index contributed by atoms with van der Waals surface area (Å²) >= 11 is 0. The Labute approximate surface area is 224 Å². The van der Waals surface area contributed by atoms with Gasteiger partial charge in [0, 0.05) is 67.1 Å². The van der Waals surface area contributed by atoms with Gasteiger partial charge in [0.05, 0.1) is 19.3 Å². The molecule has 2 aliphatic heterocycles. The number of Topliss-reactive ketones (excluding diaryl/α,β-unsaturated/α-hetero) is 1. The van der Waals surface area contributed by atoms with Gasteiger partial charge in [-0.25, -0.2) is 0 Å². The summed E-state index contributed by atoms with van der Waals surface area (Å²) in [5.74, 6) is 0.274. The van der Waals surface area contributed by atoms with Crippen molar-refractivity contribution in [3.63, 3.8) is 0 Å². The molecule has 0 spiro atoms. The largest absolute Gasteiger partial charge is 0.380 e. The molecule has 2 atom stereocenters. The fourth-order valence-corrected chi connectivity index (χ4v) is 6.05. The van der Waals surface area contributed by atoms with Crippen LogP contribution >= 0.6 is 0 Å². The summed E-state index contributed by atoms with van der Waals surface area (Å²) < 4.78 is 5.91. The second-order valence-electron chi connectivity index (χ2n) is 10.4. The van der Waals surface area contributed by atoms with Crippen molar-refractivity contribution in [2.75, 3.05) is 43.0 Å². The van der Waals surface area contributed by atoms with Crippen molar-refractivity contribution in [1.29, 1.82) is 0 Å². The number of aryl methyl sites for hydroxylation is 1. The van der Waals surface area contributed by atoms with Gasteiger partial charge in [0.2, 0.25) is 0 Å². The molecule has 1 saturated heterocycles. The van der Waals surface area contributed by atoms with Gasteiger partial charge in [-0.2, -0.15) is 0 Å². The van der Waals surface area contributed by atoms with Crippen molar-refractivity contribution in [1.82, 2.24) is 9.88 Å². The maximum absolute atomic E-state index is 13.8. The molecule has 0 radical (unpaired) electrons. The number of ketones is 1. The highest BCUT2D eigenvalue weighted by atomic mass is 16.5. The third kappa shape index (κ3) is 5.33. The number of nitrogens with zero attached hydrogens (tertiary/aromatic N) is 2. The number of rotatable bonds is 9. The van der Waals surface area contributed by atoms with Crippen molar-refractivity contribution in [2.45, 2.75) is 38.0 Å². The first kappa shape index (κ1) is 24.7. The highest BCUT2D eigenvalue weighted by Gasteiger charge is 2.36. The zero-order valence-electron chi connectivity index (χ0n) is 21.8. The number of fused-ring (bicyclic) bond motifs is 2. The molecule has 2 unspecified atom stereocenters. The molecule has 1 aromatic heterocycles. The molecule has 2 N–H and O–H groups in total. The molecule has 0 bridgehead atoms. The predicted molar refractivity (Wildman–Crippen MR) is 154 cm³/mol. The molecule has 4 aromatic rings. The van der Waals surface area contributed by atoms with E-state index in [2.05, 4.69) is 80.8 Å². The number of para-hydroxylation sites is 1. The van der Waals surface area contributed by atoms with Gasteiger partial charge in [0.15, 0.2) is 5.78 Å². The average Bonchev–Trinajstić information content (AvgIpc) is 3.46. The molecule has 6 heteroatoms. The van der Waals surface area contributed by atoms with Gasteiger partial charge in [-0.3, -0.25) is 9.69 Å². The quantitative estimate of drug-likeness (QED) is 0.302. The van der Waals surface area contributed by atoms with E-state index in [1.165, 1.54) is 27.8 Å². The molecule has 6 rings (SSSR count). The van der Waals surface area contributed by atoms with Gasteiger partial charge in [-0.15, -0.1) is 0 Å². The van der Waals surface area contributed by atoms with Crippen molar-refractivity contribution in [3.8, 4) is 0 Å². The Morgan fingerprint density at radius 2 is 1.74 bits per heavy atom. The van der Waals surface area contributed by atoms with Crippen molar-refractivity contribution >= 4 is 28.1 Å². The number of aromatic nitrogens is 1. The lowest BCUT2D eigenvalue weighted by atomic mass is 9.89. The number of hydrogen-bond donors (Lipinski definition) is 2. The molecule has 0 amide bonds. The normalized spacial score (nSPS) is 18.6. The number of aromatic amines is 1. The number of ether oxygens (including phenoxy) is 1. The number of hydrogen-bond acceptors (Lipinski definition) is 5. The maximum atomic E-state index is 13.8. The topological polar surface area (TPSA) is 60.6 Å². The minimum atomic E-state index is -0.158.